The molecule has 0 unspecified atom stereocenters. The zero-order valence-electron chi connectivity index (χ0n) is 13.8. The molecular formula is C15H22ClN3O3S. The molecule has 1 saturated heterocycles. The average Bonchev–Trinajstić information content (AvgIpc) is 2.44. The number of amides is 1. The summed E-state index contributed by atoms with van der Waals surface area (Å²) < 4.78 is 18.1. The fourth-order valence-electron chi connectivity index (χ4n) is 2.35. The highest BCUT2D eigenvalue weighted by Crippen LogP contribution is 2.21. The minimum Gasteiger partial charge on any atom is -0.444 e. The predicted octanol–water partition coefficient (Wildman–Crippen LogP) is 2.95. The maximum Gasteiger partial charge on any atom is 0.410 e. The number of carbonyl (C=O) groups is 1. The van der Waals surface area contributed by atoms with Gasteiger partial charge in [0.15, 0.2) is 0 Å². The Morgan fingerprint density at radius 1 is 1.43 bits per heavy atom. The number of carbonyl (C=O) groups excluding carboxylic acids is 1. The summed E-state index contributed by atoms with van der Waals surface area (Å²) >= 11 is 5.91. The maximum atomic E-state index is 12.7. The number of hydrogen-bond acceptors (Lipinski definition) is 5. The van der Waals surface area contributed by atoms with E-state index in [1.807, 2.05) is 20.8 Å². The summed E-state index contributed by atoms with van der Waals surface area (Å²) in [5.74, 6) is 0. The first-order chi connectivity index (χ1) is 10.7. The molecule has 0 bridgehead atoms. The normalized spacial score (nSPS) is 20.2. The fourth-order valence-corrected chi connectivity index (χ4v) is 4.05. The minimum atomic E-state index is -1.41. The zero-order valence-corrected chi connectivity index (χ0v) is 15.4. The van der Waals surface area contributed by atoms with Gasteiger partial charge >= 0.3 is 6.09 Å². The maximum absolute atomic E-state index is 12.7. The Hall–Kier alpha value is -1.21. The number of ether oxygens (including phenoxy) is 1. The van der Waals surface area contributed by atoms with Crippen LogP contribution < -0.4 is 0 Å². The molecule has 0 aliphatic carbocycles. The zero-order chi connectivity index (χ0) is 17.2. The molecular weight excluding hydrogens is 338 g/mol. The van der Waals surface area contributed by atoms with E-state index in [4.69, 9.17) is 16.3 Å². The summed E-state index contributed by atoms with van der Waals surface area (Å²) in [6.07, 6.45) is 1.15. The van der Waals surface area contributed by atoms with Gasteiger partial charge in [-0.25, -0.2) is 14.8 Å². The highest BCUT2D eigenvalue weighted by atomic mass is 35.5. The van der Waals surface area contributed by atoms with Gasteiger partial charge in [-0.2, -0.15) is 0 Å². The van der Waals surface area contributed by atoms with Gasteiger partial charge in [-0.05, 0) is 46.6 Å². The Kier molecular flexibility index (Phi) is 5.62. The van der Waals surface area contributed by atoms with E-state index >= 15 is 0 Å². The van der Waals surface area contributed by atoms with E-state index in [2.05, 4.69) is 9.97 Å². The molecule has 1 aliphatic heterocycles. The number of nitrogens with zero attached hydrogens (tertiary/aromatic N) is 3. The highest BCUT2D eigenvalue weighted by Gasteiger charge is 2.32. The number of halogens is 1. The van der Waals surface area contributed by atoms with Crippen molar-refractivity contribution in [3.63, 3.8) is 0 Å². The highest BCUT2D eigenvalue weighted by molar-refractivity contribution is 7.85. The Balaban J connectivity index is 2.08. The molecule has 2 heterocycles. The summed E-state index contributed by atoms with van der Waals surface area (Å²) in [6.45, 7) is 8.24. The van der Waals surface area contributed by atoms with Gasteiger partial charge in [0.05, 0.1) is 16.0 Å². The lowest BCUT2D eigenvalue weighted by molar-refractivity contribution is 0.0219. The molecule has 0 N–H and O–H groups in total. The summed E-state index contributed by atoms with van der Waals surface area (Å²) in [5.41, 5.74) is 0.129. The van der Waals surface area contributed by atoms with Gasteiger partial charge < -0.3 is 9.64 Å². The topological polar surface area (TPSA) is 72.4 Å². The van der Waals surface area contributed by atoms with Crippen molar-refractivity contribution in [1.82, 2.24) is 14.9 Å². The van der Waals surface area contributed by atoms with E-state index in [1.165, 1.54) is 0 Å². The van der Waals surface area contributed by atoms with Crippen molar-refractivity contribution >= 4 is 28.5 Å². The lowest BCUT2D eigenvalue weighted by Crippen LogP contribution is -2.46. The van der Waals surface area contributed by atoms with Crippen molar-refractivity contribution < 1.29 is 13.7 Å². The van der Waals surface area contributed by atoms with Crippen LogP contribution in [0.1, 0.15) is 39.3 Å². The van der Waals surface area contributed by atoms with Gasteiger partial charge in [0.1, 0.15) is 10.8 Å². The quantitative estimate of drug-likeness (QED) is 0.599. The number of likely N-dealkylation sites (tertiary alicyclic amines) is 1. The molecule has 0 saturated carbocycles. The second kappa shape index (κ2) is 7.13. The Morgan fingerprint density at radius 3 is 2.74 bits per heavy atom. The SMILES string of the molecule is Cc1cc(Cl)nc([S@](=O)[C@@H]2CCCN(C(=O)OC(C)(C)C)C2)n1. The van der Waals surface area contributed by atoms with Gasteiger partial charge in [0.25, 0.3) is 0 Å². The van der Waals surface area contributed by atoms with Crippen LogP contribution in [-0.2, 0) is 15.5 Å². The molecule has 1 fully saturated rings. The molecule has 1 aliphatic rings. The van der Waals surface area contributed by atoms with Crippen LogP contribution in [0.15, 0.2) is 11.2 Å². The van der Waals surface area contributed by atoms with E-state index in [0.29, 0.717) is 18.8 Å². The van der Waals surface area contributed by atoms with E-state index in [-0.39, 0.29) is 21.7 Å². The predicted molar refractivity (Wildman–Crippen MR) is 89.0 cm³/mol. The van der Waals surface area contributed by atoms with Crippen LogP contribution >= 0.6 is 11.6 Å². The largest absolute Gasteiger partial charge is 0.444 e. The number of piperidine rings is 1. The summed E-state index contributed by atoms with van der Waals surface area (Å²) in [7, 11) is -1.41. The van der Waals surface area contributed by atoms with Crippen LogP contribution in [0.3, 0.4) is 0 Å². The third-order valence-corrected chi connectivity index (χ3v) is 5.04. The van der Waals surface area contributed by atoms with Crippen molar-refractivity contribution in [1.29, 1.82) is 0 Å². The lowest BCUT2D eigenvalue weighted by atomic mass is 10.1. The molecule has 1 amide bonds. The summed E-state index contributed by atoms with van der Waals surface area (Å²) in [4.78, 5) is 22.1. The van der Waals surface area contributed by atoms with E-state index in [0.717, 1.165) is 12.8 Å². The number of hydrogen-bond donors (Lipinski definition) is 0. The fraction of sp³-hybridized carbons (Fsp3) is 0.667. The molecule has 0 radical (unpaired) electrons. The summed E-state index contributed by atoms with van der Waals surface area (Å²) in [6, 6.07) is 1.62. The number of rotatable bonds is 2. The van der Waals surface area contributed by atoms with Crippen molar-refractivity contribution in [2.75, 3.05) is 13.1 Å². The van der Waals surface area contributed by atoms with Crippen LogP contribution in [0.5, 0.6) is 0 Å². The van der Waals surface area contributed by atoms with Crippen molar-refractivity contribution in [2.24, 2.45) is 0 Å². The number of aromatic nitrogens is 2. The molecule has 2 atom stereocenters. The lowest BCUT2D eigenvalue weighted by Gasteiger charge is -2.33. The molecule has 1 aromatic rings. The molecule has 2 rings (SSSR count). The Labute approximate surface area is 144 Å². The van der Waals surface area contributed by atoms with Crippen LogP contribution in [0.2, 0.25) is 5.15 Å². The van der Waals surface area contributed by atoms with Crippen LogP contribution in [-0.4, -0.2) is 49.1 Å². The second-order valence-corrected chi connectivity index (χ2v) is 8.62. The molecule has 0 spiro atoms. The van der Waals surface area contributed by atoms with Gasteiger partial charge in [0, 0.05) is 18.8 Å². The van der Waals surface area contributed by atoms with E-state index < -0.39 is 16.4 Å². The monoisotopic (exact) mass is 359 g/mol. The first-order valence-corrected chi connectivity index (χ1v) is 9.14. The Morgan fingerprint density at radius 2 is 2.13 bits per heavy atom. The third kappa shape index (κ3) is 5.14. The first kappa shape index (κ1) is 18.1. The number of aryl methyl sites for hydroxylation is 1. The average molecular weight is 360 g/mol. The van der Waals surface area contributed by atoms with Gasteiger partial charge in [-0.3, -0.25) is 4.21 Å². The molecule has 128 valence electrons. The van der Waals surface area contributed by atoms with Crippen molar-refractivity contribution in [2.45, 2.75) is 56.5 Å². The molecule has 8 heteroatoms. The third-order valence-electron chi connectivity index (χ3n) is 3.31. The van der Waals surface area contributed by atoms with Crippen LogP contribution in [0.4, 0.5) is 4.79 Å². The molecule has 1 aromatic heterocycles. The van der Waals surface area contributed by atoms with E-state index in [1.54, 1.807) is 17.9 Å². The summed E-state index contributed by atoms with van der Waals surface area (Å²) in [5, 5.41) is 0.292. The second-order valence-electron chi connectivity index (χ2n) is 6.60. The van der Waals surface area contributed by atoms with Crippen LogP contribution in [0.25, 0.3) is 0 Å². The molecule has 23 heavy (non-hydrogen) atoms. The van der Waals surface area contributed by atoms with Gasteiger partial charge in [-0.15, -0.1) is 0 Å². The smallest absolute Gasteiger partial charge is 0.410 e. The van der Waals surface area contributed by atoms with E-state index in [9.17, 15) is 9.00 Å². The van der Waals surface area contributed by atoms with Crippen LogP contribution in [0, 0.1) is 6.92 Å². The van der Waals surface area contributed by atoms with Gasteiger partial charge in [-0.1, -0.05) is 11.6 Å². The molecule has 6 nitrogen and oxygen atoms in total. The van der Waals surface area contributed by atoms with Gasteiger partial charge in [0.2, 0.25) is 5.16 Å². The minimum absolute atomic E-state index is 0.214. The standard InChI is InChI=1S/C15H22ClN3O3S/c1-10-8-12(16)18-13(17-10)23(21)11-6-5-7-19(9-11)14(20)22-15(2,3)4/h8,11H,5-7,9H2,1-4H3/t11-,23-/m1/s1. The van der Waals surface area contributed by atoms with Crippen molar-refractivity contribution in [3.05, 3.63) is 16.9 Å². The Bertz CT molecular complexity index is 598. The van der Waals surface area contributed by atoms with Crippen molar-refractivity contribution in [3.8, 4) is 0 Å². The molecule has 0 aromatic carbocycles. The first-order valence-electron chi connectivity index (χ1n) is 7.55.